The molecule has 0 aliphatic heterocycles. The van der Waals surface area contributed by atoms with Gasteiger partial charge >= 0.3 is 5.97 Å². The van der Waals surface area contributed by atoms with E-state index in [1.165, 1.54) is 17.4 Å². The Hall–Kier alpha value is -2.47. The molecule has 6 heteroatoms. The van der Waals surface area contributed by atoms with Crippen LogP contribution in [0.2, 0.25) is 0 Å². The first kappa shape index (κ1) is 18.6. The summed E-state index contributed by atoms with van der Waals surface area (Å²) in [6.45, 7) is 7.29. The average molecular weight is 335 g/mol. The fourth-order valence-corrected chi connectivity index (χ4v) is 2.71. The molecule has 124 valence electrons. The van der Waals surface area contributed by atoms with Crippen molar-refractivity contribution in [3.8, 4) is 0 Å². The van der Waals surface area contributed by atoms with Gasteiger partial charge in [0.2, 0.25) is 0 Å². The van der Waals surface area contributed by atoms with Crippen molar-refractivity contribution in [2.45, 2.75) is 20.5 Å². The number of carboxylic acid groups (broad SMARTS) is 1. The Bertz CT molecular complexity index is 668. The van der Waals surface area contributed by atoms with Gasteiger partial charge in [-0.2, -0.15) is 0 Å². The molecule has 0 radical (unpaired) electrons. The van der Waals surface area contributed by atoms with Crippen LogP contribution in [0.4, 0.5) is 5.00 Å². The molecule has 0 unspecified atom stereocenters. The molecule has 1 aromatic heterocycles. The molecule has 0 aliphatic carbocycles. The van der Waals surface area contributed by atoms with Crippen molar-refractivity contribution in [2.24, 2.45) is 0 Å². The second-order valence-corrected chi connectivity index (χ2v) is 5.48. The van der Waals surface area contributed by atoms with Crippen LogP contribution >= 0.6 is 11.3 Å². The summed E-state index contributed by atoms with van der Waals surface area (Å²) >= 11 is 1.30. The van der Waals surface area contributed by atoms with Gasteiger partial charge in [0, 0.05) is 18.0 Å². The summed E-state index contributed by atoms with van der Waals surface area (Å²) in [6.07, 6.45) is 6.53. The monoisotopic (exact) mass is 335 g/mol. The molecule has 23 heavy (non-hydrogen) atoms. The SMILES string of the molecule is C=C/C(C)=C(OCc1csc(NC)c1C(=O)O)/C(O)=C\C=C/C. The van der Waals surface area contributed by atoms with Crippen LogP contribution in [-0.4, -0.2) is 23.2 Å². The van der Waals surface area contributed by atoms with Gasteiger partial charge in [-0.05, 0) is 25.5 Å². The fourth-order valence-electron chi connectivity index (χ4n) is 1.81. The summed E-state index contributed by atoms with van der Waals surface area (Å²) < 4.78 is 5.66. The number of ether oxygens (including phenoxy) is 1. The molecule has 0 aliphatic rings. The van der Waals surface area contributed by atoms with Crippen LogP contribution in [0.25, 0.3) is 0 Å². The van der Waals surface area contributed by atoms with Crippen molar-refractivity contribution < 1.29 is 19.7 Å². The Kier molecular flexibility index (Phi) is 7.15. The van der Waals surface area contributed by atoms with Crippen LogP contribution in [0.5, 0.6) is 0 Å². The zero-order valence-corrected chi connectivity index (χ0v) is 14.2. The summed E-state index contributed by atoms with van der Waals surface area (Å²) in [6, 6.07) is 0. The van der Waals surface area contributed by atoms with Gasteiger partial charge in [0.05, 0.1) is 0 Å². The lowest BCUT2D eigenvalue weighted by molar-refractivity contribution is 0.0694. The third-order valence-corrected chi connectivity index (χ3v) is 4.07. The molecular weight excluding hydrogens is 314 g/mol. The van der Waals surface area contributed by atoms with E-state index in [4.69, 9.17) is 4.74 Å². The van der Waals surface area contributed by atoms with E-state index in [0.29, 0.717) is 16.1 Å². The van der Waals surface area contributed by atoms with E-state index in [1.54, 1.807) is 37.6 Å². The van der Waals surface area contributed by atoms with E-state index in [1.807, 2.05) is 6.92 Å². The molecule has 5 nitrogen and oxygen atoms in total. The third-order valence-electron chi connectivity index (χ3n) is 3.02. The maximum absolute atomic E-state index is 11.4. The first-order valence-electron chi connectivity index (χ1n) is 6.96. The topological polar surface area (TPSA) is 78.8 Å². The van der Waals surface area contributed by atoms with Crippen LogP contribution < -0.4 is 5.32 Å². The fraction of sp³-hybridized carbons (Fsp3) is 0.235. The van der Waals surface area contributed by atoms with Crippen LogP contribution in [0.3, 0.4) is 0 Å². The third kappa shape index (κ3) is 4.75. The number of thiophene rings is 1. The smallest absolute Gasteiger partial charge is 0.339 e. The van der Waals surface area contributed by atoms with Gasteiger partial charge in [0.1, 0.15) is 17.2 Å². The highest BCUT2D eigenvalue weighted by Gasteiger charge is 2.19. The minimum Gasteiger partial charge on any atom is -0.504 e. The maximum atomic E-state index is 11.4. The number of nitrogens with one attached hydrogen (secondary N) is 1. The van der Waals surface area contributed by atoms with Crippen LogP contribution in [0, 0.1) is 0 Å². The number of hydrogen-bond acceptors (Lipinski definition) is 5. The van der Waals surface area contributed by atoms with Gasteiger partial charge < -0.3 is 20.3 Å². The Morgan fingerprint density at radius 1 is 1.48 bits per heavy atom. The predicted molar refractivity (Wildman–Crippen MR) is 94.0 cm³/mol. The molecule has 0 saturated heterocycles. The average Bonchev–Trinajstić information content (AvgIpc) is 2.95. The summed E-state index contributed by atoms with van der Waals surface area (Å²) in [5.41, 5.74) is 1.38. The Morgan fingerprint density at radius 2 is 2.17 bits per heavy atom. The molecule has 0 atom stereocenters. The first-order chi connectivity index (χ1) is 11.0. The Morgan fingerprint density at radius 3 is 2.70 bits per heavy atom. The number of rotatable bonds is 8. The lowest BCUT2D eigenvalue weighted by Crippen LogP contribution is -2.05. The first-order valence-corrected chi connectivity index (χ1v) is 7.84. The quantitative estimate of drug-likeness (QED) is 0.482. The Balaban J connectivity index is 3.08. The second-order valence-electron chi connectivity index (χ2n) is 4.60. The molecule has 0 fully saturated rings. The van der Waals surface area contributed by atoms with E-state index in [2.05, 4.69) is 11.9 Å². The molecule has 1 heterocycles. The van der Waals surface area contributed by atoms with Crippen molar-refractivity contribution >= 4 is 22.3 Å². The van der Waals surface area contributed by atoms with Crippen molar-refractivity contribution in [1.29, 1.82) is 0 Å². The van der Waals surface area contributed by atoms with E-state index in [-0.39, 0.29) is 23.7 Å². The summed E-state index contributed by atoms with van der Waals surface area (Å²) in [7, 11) is 1.67. The number of carbonyl (C=O) groups is 1. The maximum Gasteiger partial charge on any atom is 0.339 e. The zero-order chi connectivity index (χ0) is 17.4. The lowest BCUT2D eigenvalue weighted by Gasteiger charge is -2.12. The molecular formula is C17H21NO4S. The Labute approximate surface area is 139 Å². The number of anilines is 1. The van der Waals surface area contributed by atoms with Gasteiger partial charge in [0.25, 0.3) is 0 Å². The molecule has 0 aromatic carbocycles. The minimum atomic E-state index is -1.02. The molecule has 0 saturated carbocycles. The summed E-state index contributed by atoms with van der Waals surface area (Å²) in [5, 5.41) is 24.6. The van der Waals surface area contributed by atoms with Gasteiger partial charge in [-0.25, -0.2) is 4.79 Å². The number of aliphatic hydroxyl groups is 1. The van der Waals surface area contributed by atoms with E-state index < -0.39 is 5.97 Å². The highest BCUT2D eigenvalue weighted by molar-refractivity contribution is 7.14. The largest absolute Gasteiger partial charge is 0.504 e. The highest BCUT2D eigenvalue weighted by atomic mass is 32.1. The molecule has 0 bridgehead atoms. The zero-order valence-electron chi connectivity index (χ0n) is 13.4. The highest BCUT2D eigenvalue weighted by Crippen LogP contribution is 2.29. The molecule has 0 amide bonds. The van der Waals surface area contributed by atoms with Crippen LogP contribution in [0.15, 0.2) is 53.4 Å². The second kappa shape index (κ2) is 8.85. The van der Waals surface area contributed by atoms with Crippen molar-refractivity contribution in [3.05, 3.63) is 64.5 Å². The standard InChI is InChI=1S/C17H21NO4S/c1-5-7-8-13(19)15(11(3)6-2)22-9-12-10-23-16(18-4)14(12)17(20)21/h5-8,10,18-19H,2,9H2,1,3-4H3,(H,20,21)/b7-5-,13-8+,15-11-. The van der Waals surface area contributed by atoms with Crippen molar-refractivity contribution in [3.63, 3.8) is 0 Å². The van der Waals surface area contributed by atoms with E-state index in [0.717, 1.165) is 0 Å². The molecule has 1 aromatic rings. The lowest BCUT2D eigenvalue weighted by atomic mass is 10.2. The minimum absolute atomic E-state index is 0.0358. The number of carboxylic acids is 1. The van der Waals surface area contributed by atoms with Crippen molar-refractivity contribution in [2.75, 3.05) is 12.4 Å². The molecule has 0 spiro atoms. The van der Waals surface area contributed by atoms with Crippen molar-refractivity contribution in [1.82, 2.24) is 0 Å². The van der Waals surface area contributed by atoms with Gasteiger partial charge in [-0.1, -0.05) is 24.8 Å². The summed E-state index contributed by atoms with van der Waals surface area (Å²) in [5.74, 6) is -0.790. The van der Waals surface area contributed by atoms with Crippen LogP contribution in [-0.2, 0) is 11.3 Å². The number of hydrogen-bond donors (Lipinski definition) is 3. The predicted octanol–water partition coefficient (Wildman–Crippen LogP) is 4.48. The molecule has 1 rings (SSSR count). The number of allylic oxidation sites excluding steroid dienone is 5. The van der Waals surface area contributed by atoms with Crippen LogP contribution in [0.1, 0.15) is 29.8 Å². The van der Waals surface area contributed by atoms with E-state index >= 15 is 0 Å². The van der Waals surface area contributed by atoms with Gasteiger partial charge in [0.15, 0.2) is 11.5 Å². The normalized spacial score (nSPS) is 12.9. The van der Waals surface area contributed by atoms with Gasteiger partial charge in [-0.3, -0.25) is 0 Å². The summed E-state index contributed by atoms with van der Waals surface area (Å²) in [4.78, 5) is 11.4. The number of aromatic carboxylic acids is 1. The number of aliphatic hydroxyl groups excluding tert-OH is 1. The van der Waals surface area contributed by atoms with E-state index in [9.17, 15) is 15.0 Å². The molecule has 3 N–H and O–H groups in total. The van der Waals surface area contributed by atoms with Gasteiger partial charge in [-0.15, -0.1) is 11.3 Å².